The smallest absolute Gasteiger partial charge is 0.456 e. The van der Waals surface area contributed by atoms with E-state index in [9.17, 15) is 19.0 Å². The molecule has 0 radical (unpaired) electrons. The minimum absolute atomic E-state index is 0.0355. The fourth-order valence-electron chi connectivity index (χ4n) is 8.37. The number of nitrogens with zero attached hydrogens (tertiary/aromatic N) is 1. The molecule has 0 saturated heterocycles. The number of unbranched alkanes of at least 4 members (excludes halogenated alkanes) is 28. The zero-order valence-electron chi connectivity index (χ0n) is 48.4. The molecule has 0 heterocycles. The molecule has 0 rings (SSSR count). The Balaban J connectivity index is 5.11. The number of likely N-dealkylation sites (N-methyl/N-ethyl adjacent to an activating group) is 1. The Hall–Kier alpha value is -2.55. The van der Waals surface area contributed by atoms with Gasteiger partial charge in [-0.25, -0.2) is 4.57 Å². The number of hydrogen-bond donors (Lipinski definition) is 2. The van der Waals surface area contributed by atoms with E-state index in [0.29, 0.717) is 17.4 Å². The van der Waals surface area contributed by atoms with E-state index in [0.717, 1.165) is 116 Å². The van der Waals surface area contributed by atoms with Gasteiger partial charge in [0.2, 0.25) is 5.91 Å². The first-order valence-electron chi connectivity index (χ1n) is 30.3. The van der Waals surface area contributed by atoms with E-state index in [2.05, 4.69) is 86.8 Å². The Morgan fingerprint density at radius 1 is 0.479 bits per heavy atom. The van der Waals surface area contributed by atoms with Gasteiger partial charge in [0.1, 0.15) is 19.3 Å². The van der Waals surface area contributed by atoms with Gasteiger partial charge in [0, 0.05) is 12.8 Å². The number of ether oxygens (including phenoxy) is 1. The van der Waals surface area contributed by atoms with Gasteiger partial charge in [-0.15, -0.1) is 0 Å². The molecule has 3 unspecified atom stereocenters. The Kier molecular flexibility index (Phi) is 51.0. The van der Waals surface area contributed by atoms with Crippen molar-refractivity contribution in [2.45, 2.75) is 277 Å². The Morgan fingerprint density at radius 3 is 1.33 bits per heavy atom. The van der Waals surface area contributed by atoms with Crippen molar-refractivity contribution in [3.8, 4) is 0 Å². The van der Waals surface area contributed by atoms with Gasteiger partial charge >= 0.3 is 13.8 Å². The maximum atomic E-state index is 13.5. The molecule has 0 aliphatic heterocycles. The molecular formula is C63H116N2O7P+. The molecule has 2 N–H and O–H groups in total. The van der Waals surface area contributed by atoms with Crippen molar-refractivity contribution in [1.29, 1.82) is 0 Å². The van der Waals surface area contributed by atoms with Crippen LogP contribution in [0.1, 0.15) is 265 Å². The maximum Gasteiger partial charge on any atom is 0.472 e. The van der Waals surface area contributed by atoms with Crippen LogP contribution in [0.15, 0.2) is 72.9 Å². The molecule has 1 amide bonds. The van der Waals surface area contributed by atoms with Gasteiger partial charge in [0.05, 0.1) is 33.8 Å². The van der Waals surface area contributed by atoms with E-state index in [-0.39, 0.29) is 31.5 Å². The molecule has 73 heavy (non-hydrogen) atoms. The van der Waals surface area contributed by atoms with E-state index in [4.69, 9.17) is 13.8 Å². The predicted molar refractivity (Wildman–Crippen MR) is 314 cm³/mol. The summed E-state index contributed by atoms with van der Waals surface area (Å²) in [5.74, 6) is -0.524. The van der Waals surface area contributed by atoms with Crippen LogP contribution in [0, 0.1) is 0 Å². The normalized spacial score (nSPS) is 14.2. The standard InChI is InChI=1S/C63H115N2O7P/c1-7-10-13-16-19-22-25-26-27-28-29-30-31-32-33-34-35-36-37-38-41-43-46-49-52-55-62(66)64-60(59-71-73(68,69)70-58-57-65(4,5)6)61(54-51-48-45-42-39-23-20-17-14-11-8-2)72-63(67)56-53-50-47-44-40-24-21-18-15-12-9-3/h18-19,21-22,26-27,29-30,32-33,51,54,60-61H,7-17,20,23-25,28,31,34-50,52-53,55-59H2,1-6H3,(H-,64,66,68,69)/p+1/b21-18-,22-19-,27-26-,30-29-,33-32-,54-51-. The second-order valence-corrected chi connectivity index (χ2v) is 23.0. The number of esters is 1. The van der Waals surface area contributed by atoms with Crippen molar-refractivity contribution in [2.75, 3.05) is 40.9 Å². The third kappa shape index (κ3) is 54.1. The highest BCUT2D eigenvalue weighted by molar-refractivity contribution is 7.47. The molecule has 0 bridgehead atoms. The second-order valence-electron chi connectivity index (χ2n) is 21.5. The molecular weight excluding hydrogens is 928 g/mol. The quantitative estimate of drug-likeness (QED) is 0.0205. The van der Waals surface area contributed by atoms with Gasteiger partial charge in [-0.2, -0.15) is 0 Å². The first-order chi connectivity index (χ1) is 35.4. The van der Waals surface area contributed by atoms with Crippen LogP contribution in [0.3, 0.4) is 0 Å². The number of carbonyl (C=O) groups excluding carboxylic acids is 2. The van der Waals surface area contributed by atoms with Crippen LogP contribution in [0.4, 0.5) is 0 Å². The summed E-state index contributed by atoms with van der Waals surface area (Å²) in [6, 6.07) is -0.855. The van der Waals surface area contributed by atoms with Crippen LogP contribution in [-0.4, -0.2) is 74.3 Å². The van der Waals surface area contributed by atoms with Crippen LogP contribution in [-0.2, 0) is 27.9 Å². The van der Waals surface area contributed by atoms with Crippen molar-refractivity contribution in [3.05, 3.63) is 72.9 Å². The number of quaternary nitrogens is 1. The number of rotatable bonds is 54. The molecule has 10 heteroatoms. The number of amides is 1. The monoisotopic (exact) mass is 1040 g/mol. The average Bonchev–Trinajstić information content (AvgIpc) is 3.35. The number of phosphoric ester groups is 1. The molecule has 0 saturated carbocycles. The lowest BCUT2D eigenvalue weighted by molar-refractivity contribution is -0.870. The first-order valence-corrected chi connectivity index (χ1v) is 31.8. The largest absolute Gasteiger partial charge is 0.472 e. The third-order valence-corrected chi connectivity index (χ3v) is 14.1. The molecule has 9 nitrogen and oxygen atoms in total. The number of hydrogen-bond acceptors (Lipinski definition) is 6. The zero-order chi connectivity index (χ0) is 53.6. The summed E-state index contributed by atoms with van der Waals surface area (Å²) in [7, 11) is 1.48. The van der Waals surface area contributed by atoms with Crippen LogP contribution in [0.25, 0.3) is 0 Å². The van der Waals surface area contributed by atoms with Crippen LogP contribution < -0.4 is 5.32 Å². The fourth-order valence-corrected chi connectivity index (χ4v) is 9.11. The second kappa shape index (κ2) is 52.9. The van der Waals surface area contributed by atoms with Crippen molar-refractivity contribution in [2.24, 2.45) is 0 Å². The van der Waals surface area contributed by atoms with Gasteiger partial charge in [0.25, 0.3) is 0 Å². The molecule has 0 aromatic carbocycles. The van der Waals surface area contributed by atoms with Gasteiger partial charge in [-0.3, -0.25) is 18.6 Å². The van der Waals surface area contributed by atoms with Crippen molar-refractivity contribution in [1.82, 2.24) is 5.32 Å². The van der Waals surface area contributed by atoms with E-state index < -0.39 is 20.0 Å². The summed E-state index contributed by atoms with van der Waals surface area (Å²) in [5.41, 5.74) is 0. The van der Waals surface area contributed by atoms with Crippen molar-refractivity contribution < 1.29 is 37.3 Å². The number of carbonyl (C=O) groups is 2. The molecule has 424 valence electrons. The van der Waals surface area contributed by atoms with E-state index in [1.54, 1.807) is 0 Å². The number of allylic oxidation sites excluding steroid dienone is 11. The fraction of sp³-hybridized carbons (Fsp3) is 0.778. The van der Waals surface area contributed by atoms with Crippen LogP contribution in [0.2, 0.25) is 0 Å². The summed E-state index contributed by atoms with van der Waals surface area (Å²) in [6.07, 6.45) is 67.6. The Labute approximate surface area is 451 Å². The molecule has 0 aromatic rings. The Bertz CT molecular complexity index is 1480. The lowest BCUT2D eigenvalue weighted by atomic mass is 10.0. The lowest BCUT2D eigenvalue weighted by Crippen LogP contribution is -2.47. The summed E-state index contributed by atoms with van der Waals surface area (Å²) in [5, 5.41) is 3.04. The summed E-state index contributed by atoms with van der Waals surface area (Å²) >= 11 is 0. The number of nitrogens with one attached hydrogen (secondary N) is 1. The highest BCUT2D eigenvalue weighted by Gasteiger charge is 2.30. The van der Waals surface area contributed by atoms with E-state index >= 15 is 0 Å². The molecule has 0 fully saturated rings. The van der Waals surface area contributed by atoms with Crippen LogP contribution >= 0.6 is 7.82 Å². The van der Waals surface area contributed by atoms with Crippen LogP contribution in [0.5, 0.6) is 0 Å². The molecule has 0 aromatic heterocycles. The minimum Gasteiger partial charge on any atom is -0.456 e. The van der Waals surface area contributed by atoms with E-state index in [1.807, 2.05) is 33.3 Å². The molecule has 0 aliphatic rings. The molecule has 3 atom stereocenters. The predicted octanol–water partition coefficient (Wildman–Crippen LogP) is 18.4. The zero-order valence-corrected chi connectivity index (χ0v) is 49.3. The van der Waals surface area contributed by atoms with Crippen molar-refractivity contribution >= 4 is 19.7 Å². The average molecular weight is 1040 g/mol. The summed E-state index contributed by atoms with van der Waals surface area (Å²) in [4.78, 5) is 37.6. The highest BCUT2D eigenvalue weighted by atomic mass is 31.2. The molecule has 0 aliphatic carbocycles. The first kappa shape index (κ1) is 70.5. The highest BCUT2D eigenvalue weighted by Crippen LogP contribution is 2.43. The lowest BCUT2D eigenvalue weighted by Gasteiger charge is -2.27. The minimum atomic E-state index is -4.45. The summed E-state index contributed by atoms with van der Waals surface area (Å²) < 4.78 is 30.6. The van der Waals surface area contributed by atoms with Gasteiger partial charge in [0.15, 0.2) is 0 Å². The summed E-state index contributed by atoms with van der Waals surface area (Å²) in [6.45, 7) is 6.93. The van der Waals surface area contributed by atoms with Gasteiger partial charge < -0.3 is 19.4 Å². The maximum absolute atomic E-state index is 13.5. The topological polar surface area (TPSA) is 111 Å². The number of phosphoric acid groups is 1. The van der Waals surface area contributed by atoms with Gasteiger partial charge in [-0.05, 0) is 96.0 Å². The van der Waals surface area contributed by atoms with E-state index in [1.165, 1.54) is 116 Å². The third-order valence-electron chi connectivity index (χ3n) is 13.1. The Morgan fingerprint density at radius 2 is 0.849 bits per heavy atom. The SMILES string of the molecule is CCCC/C=C\CCCCCCCC(=O)OC(/C=C\CCCCCCCCCCC)C(COP(=O)(O)OCC[N+](C)(C)C)NC(=O)CCCCCCCCCCC/C=C\C/C=C\C/C=C\C/C=C\CCCCC. The molecule has 0 spiro atoms. The van der Waals surface area contributed by atoms with Crippen molar-refractivity contribution in [3.63, 3.8) is 0 Å². The van der Waals surface area contributed by atoms with Gasteiger partial charge in [-0.1, -0.05) is 229 Å².